The molecule has 0 aromatic carbocycles. The lowest BCUT2D eigenvalue weighted by Gasteiger charge is -1.72. The quantitative estimate of drug-likeness (QED) is 0.266. The van der Waals surface area contributed by atoms with Gasteiger partial charge < -0.3 is 10.2 Å². The van der Waals surface area contributed by atoms with E-state index < -0.39 is 11.9 Å². The summed E-state index contributed by atoms with van der Waals surface area (Å²) in [6, 6.07) is 0. The molecule has 9 heteroatoms. The Morgan fingerprint density at radius 1 is 1.00 bits per heavy atom. The maximum absolute atomic E-state index is 9.18. The highest BCUT2D eigenvalue weighted by molar-refractivity contribution is 7.96. The molecule has 0 atom stereocenters. The lowest BCUT2D eigenvalue weighted by Crippen LogP contribution is -2.09. The van der Waals surface area contributed by atoms with Crippen LogP contribution in [0.15, 0.2) is 8.80 Å². The summed E-state index contributed by atoms with van der Waals surface area (Å²) in [6.07, 6.45) is 2.34. The van der Waals surface area contributed by atoms with Gasteiger partial charge in [-0.05, 0) is 0 Å². The zero-order valence-electron chi connectivity index (χ0n) is 5.83. The second-order valence-electron chi connectivity index (χ2n) is 1.06. The van der Waals surface area contributed by atoms with Crippen LogP contribution in [0.3, 0.4) is 0 Å². The highest BCUT2D eigenvalue weighted by Gasteiger charge is 2.04. The van der Waals surface area contributed by atoms with Crippen molar-refractivity contribution in [3.05, 3.63) is 0 Å². The molecule has 0 saturated heterocycles. The first kappa shape index (κ1) is 13.6. The van der Waals surface area contributed by atoms with E-state index in [4.69, 9.17) is 19.8 Å². The number of carbonyl (C=O) groups excluding carboxylic acids is 2. The topological polar surface area (TPSA) is 133 Å². The molecule has 0 radical (unpaired) electrons. The summed E-state index contributed by atoms with van der Waals surface area (Å²) in [4.78, 5) is 36.6. The van der Waals surface area contributed by atoms with Gasteiger partial charge in [-0.3, -0.25) is 0 Å². The second-order valence-corrected chi connectivity index (χ2v) is 1.59. The first-order valence-corrected chi connectivity index (χ1v) is 3.06. The summed E-state index contributed by atoms with van der Waals surface area (Å²) in [7, 11) is 0. The fourth-order valence-electron chi connectivity index (χ4n) is 0.0537. The smallest absolute Gasteiger partial charge is 0.414 e. The molecule has 0 bridgehead atoms. The molecule has 0 fully saturated rings. The summed E-state index contributed by atoms with van der Waals surface area (Å²) in [5.74, 6) is -3.65. The van der Waals surface area contributed by atoms with E-state index in [2.05, 4.69) is 8.80 Å². The standard InChI is InChI=1S/C2N2O2S.C2H2O4/c5-1-3-7-4-2-6;3-1(4)2(5)6/h;(H,3,4)(H,5,6). The van der Waals surface area contributed by atoms with Crippen molar-refractivity contribution < 1.29 is 29.4 Å². The maximum Gasteiger partial charge on any atom is 0.414 e. The van der Waals surface area contributed by atoms with E-state index in [0.717, 1.165) is 0 Å². The average molecular weight is 206 g/mol. The van der Waals surface area contributed by atoms with Crippen molar-refractivity contribution in [3.63, 3.8) is 0 Å². The minimum absolute atomic E-state index is 0.456. The fraction of sp³-hybridized carbons (Fsp3) is 0. The van der Waals surface area contributed by atoms with Gasteiger partial charge in [-0.2, -0.15) is 0 Å². The molecular formula is C4H2N2O6S. The average Bonchev–Trinajstić information content (AvgIpc) is 2.06. The predicted molar refractivity (Wildman–Crippen MR) is 39.1 cm³/mol. The molecule has 0 rings (SSSR count). The first-order chi connectivity index (χ1) is 6.06. The van der Waals surface area contributed by atoms with Gasteiger partial charge in [0.25, 0.3) is 0 Å². The van der Waals surface area contributed by atoms with Crippen molar-refractivity contribution in [1.82, 2.24) is 0 Å². The van der Waals surface area contributed by atoms with Crippen LogP contribution >= 0.6 is 12.1 Å². The third-order valence-electron chi connectivity index (χ3n) is 0.339. The van der Waals surface area contributed by atoms with Gasteiger partial charge in [0.15, 0.2) is 0 Å². The molecule has 0 unspecified atom stereocenters. The second kappa shape index (κ2) is 10.0. The number of isocyanates is 2. The van der Waals surface area contributed by atoms with Crippen LogP contribution in [0.2, 0.25) is 0 Å². The number of carbonyl (C=O) groups is 2. The Kier molecular flexibility index (Phi) is 10.5. The molecule has 0 aliphatic carbocycles. The van der Waals surface area contributed by atoms with Crippen LogP contribution < -0.4 is 0 Å². The van der Waals surface area contributed by atoms with Gasteiger partial charge in [-0.15, -0.1) is 8.80 Å². The molecule has 13 heavy (non-hydrogen) atoms. The Labute approximate surface area is 75.3 Å². The van der Waals surface area contributed by atoms with E-state index in [-0.39, 0.29) is 0 Å². The molecule has 70 valence electrons. The number of hydrogen-bond acceptors (Lipinski definition) is 7. The number of aliphatic carboxylic acids is 2. The number of rotatable bonds is 2. The molecule has 0 aliphatic heterocycles. The van der Waals surface area contributed by atoms with Gasteiger partial charge in [0.05, 0.1) is 0 Å². The lowest BCUT2D eigenvalue weighted by atomic mass is 10.7. The minimum atomic E-state index is -1.82. The summed E-state index contributed by atoms with van der Waals surface area (Å²) < 4.78 is 5.69. The zero-order chi connectivity index (χ0) is 10.7. The van der Waals surface area contributed by atoms with E-state index in [1.165, 1.54) is 12.2 Å². The van der Waals surface area contributed by atoms with E-state index in [9.17, 15) is 9.59 Å². The molecule has 8 nitrogen and oxygen atoms in total. The fourth-order valence-corrected chi connectivity index (χ4v) is 0.161. The Morgan fingerprint density at radius 2 is 1.31 bits per heavy atom. The van der Waals surface area contributed by atoms with Crippen LogP contribution in [-0.4, -0.2) is 34.3 Å². The van der Waals surface area contributed by atoms with Crippen molar-refractivity contribution in [3.8, 4) is 0 Å². The van der Waals surface area contributed by atoms with Gasteiger partial charge in [0.2, 0.25) is 12.2 Å². The lowest BCUT2D eigenvalue weighted by molar-refractivity contribution is -0.159. The van der Waals surface area contributed by atoms with Gasteiger partial charge in [-0.1, -0.05) is 0 Å². The van der Waals surface area contributed by atoms with Crippen molar-refractivity contribution in [2.75, 3.05) is 0 Å². The van der Waals surface area contributed by atoms with Gasteiger partial charge in [-0.25, -0.2) is 19.2 Å². The SMILES string of the molecule is O=C(O)C(=O)O.O=C=NSN=C=O. The Balaban J connectivity index is 0. The highest BCUT2D eigenvalue weighted by atomic mass is 32.2. The molecule has 2 N–H and O–H groups in total. The van der Waals surface area contributed by atoms with Crippen LogP contribution in [0.5, 0.6) is 0 Å². The molecule has 0 aromatic heterocycles. The molecule has 0 aromatic rings. The Bertz CT molecular complexity index is 248. The van der Waals surface area contributed by atoms with Gasteiger partial charge >= 0.3 is 11.9 Å². The third kappa shape index (κ3) is 17.8. The van der Waals surface area contributed by atoms with Crippen molar-refractivity contribution in [2.45, 2.75) is 0 Å². The van der Waals surface area contributed by atoms with Crippen molar-refractivity contribution in [2.24, 2.45) is 8.80 Å². The van der Waals surface area contributed by atoms with Crippen LogP contribution in [0.25, 0.3) is 0 Å². The van der Waals surface area contributed by atoms with E-state index in [0.29, 0.717) is 12.1 Å². The summed E-state index contributed by atoms with van der Waals surface area (Å²) >= 11 is 0.456. The van der Waals surface area contributed by atoms with E-state index in [1.54, 1.807) is 0 Å². The summed E-state index contributed by atoms with van der Waals surface area (Å²) in [5, 5.41) is 14.8. The predicted octanol–water partition coefficient (Wildman–Crippen LogP) is -0.623. The Morgan fingerprint density at radius 3 is 1.46 bits per heavy atom. The molecule has 0 heterocycles. The van der Waals surface area contributed by atoms with Crippen molar-refractivity contribution >= 4 is 36.2 Å². The molecule has 0 aliphatic rings. The minimum Gasteiger partial charge on any atom is -0.473 e. The van der Waals surface area contributed by atoms with Gasteiger partial charge in [0, 0.05) is 0 Å². The van der Waals surface area contributed by atoms with Crippen LogP contribution in [0.4, 0.5) is 0 Å². The largest absolute Gasteiger partial charge is 0.473 e. The van der Waals surface area contributed by atoms with Crippen molar-refractivity contribution in [1.29, 1.82) is 0 Å². The molecule has 0 amide bonds. The molecular weight excluding hydrogens is 204 g/mol. The first-order valence-electron chi connectivity index (χ1n) is 2.33. The van der Waals surface area contributed by atoms with E-state index in [1.807, 2.05) is 0 Å². The maximum atomic E-state index is 9.18. The van der Waals surface area contributed by atoms with Crippen LogP contribution in [0, 0.1) is 0 Å². The highest BCUT2D eigenvalue weighted by Crippen LogP contribution is 1.96. The number of carboxylic acids is 2. The summed E-state index contributed by atoms with van der Waals surface area (Å²) in [5.41, 5.74) is 0. The number of nitrogens with zero attached hydrogens (tertiary/aromatic N) is 2. The summed E-state index contributed by atoms with van der Waals surface area (Å²) in [6.45, 7) is 0. The van der Waals surface area contributed by atoms with Crippen LogP contribution in [0.1, 0.15) is 0 Å². The van der Waals surface area contributed by atoms with Gasteiger partial charge in [0.1, 0.15) is 12.1 Å². The normalized spacial score (nSPS) is 6.46. The van der Waals surface area contributed by atoms with Crippen LogP contribution in [-0.2, 0) is 19.2 Å². The molecule has 0 saturated carbocycles. The number of carboxylic acid groups (broad SMARTS) is 2. The monoisotopic (exact) mass is 206 g/mol. The van der Waals surface area contributed by atoms with E-state index >= 15 is 0 Å². The third-order valence-corrected chi connectivity index (χ3v) is 0.652. The Hall–Kier alpha value is -1.95. The number of hydrogen-bond donors (Lipinski definition) is 2. The zero-order valence-corrected chi connectivity index (χ0v) is 6.65. The molecule has 0 spiro atoms.